The Labute approximate surface area is 152 Å². The molecule has 4 rings (SSSR count). The minimum Gasteiger partial charge on any atom is -0.339 e. The summed E-state index contributed by atoms with van der Waals surface area (Å²) in [6.45, 7) is 4.00. The van der Waals surface area contributed by atoms with E-state index in [1.165, 1.54) is 5.56 Å². The van der Waals surface area contributed by atoms with Crippen LogP contribution in [-0.4, -0.2) is 28.8 Å². The van der Waals surface area contributed by atoms with E-state index in [2.05, 4.69) is 39.7 Å². The van der Waals surface area contributed by atoms with Crippen LogP contribution < -0.4 is 10.6 Å². The largest absolute Gasteiger partial charge is 0.339 e. The second kappa shape index (κ2) is 7.10. The molecule has 0 bridgehead atoms. The highest BCUT2D eigenvalue weighted by Crippen LogP contribution is 2.30. The number of fused-ring (bicyclic) bond motifs is 1. The summed E-state index contributed by atoms with van der Waals surface area (Å²) in [5.74, 6) is 1.94. The summed E-state index contributed by atoms with van der Waals surface area (Å²) in [7, 11) is 0. The maximum atomic E-state index is 6.33. The van der Waals surface area contributed by atoms with Gasteiger partial charge in [0.15, 0.2) is 5.82 Å². The third kappa shape index (κ3) is 3.53. The molecule has 1 saturated heterocycles. The second-order valence-electron chi connectivity index (χ2n) is 6.71. The van der Waals surface area contributed by atoms with Gasteiger partial charge in [0.1, 0.15) is 10.8 Å². The first kappa shape index (κ1) is 16.5. The lowest BCUT2D eigenvalue weighted by atomic mass is 9.90. The van der Waals surface area contributed by atoms with Gasteiger partial charge in [-0.1, -0.05) is 24.6 Å². The number of hydrogen-bond donors (Lipinski definition) is 2. The fraction of sp³-hybridized carbons (Fsp3) is 0.421. The van der Waals surface area contributed by atoms with Gasteiger partial charge < -0.3 is 10.6 Å². The highest BCUT2D eigenvalue weighted by molar-refractivity contribution is 6.32. The number of nitrogens with one attached hydrogen (secondary N) is 2. The van der Waals surface area contributed by atoms with Gasteiger partial charge in [-0.15, -0.1) is 0 Å². The number of nitrogens with zero attached hydrogens (tertiary/aromatic N) is 3. The molecule has 2 N–H and O–H groups in total. The molecular weight excluding hydrogens is 334 g/mol. The van der Waals surface area contributed by atoms with Crippen molar-refractivity contribution in [3.05, 3.63) is 46.4 Å². The number of aromatic nitrogens is 2. The lowest BCUT2D eigenvalue weighted by molar-refractivity contribution is 0.346. The summed E-state index contributed by atoms with van der Waals surface area (Å²) in [4.78, 5) is 13.5. The van der Waals surface area contributed by atoms with Crippen LogP contribution in [0.15, 0.2) is 29.4 Å². The lowest BCUT2D eigenvalue weighted by Gasteiger charge is -2.29. The molecule has 1 aromatic heterocycles. The van der Waals surface area contributed by atoms with E-state index in [1.807, 2.05) is 12.3 Å². The second-order valence-corrected chi connectivity index (χ2v) is 7.12. The molecule has 2 aliphatic rings. The van der Waals surface area contributed by atoms with Crippen molar-refractivity contribution >= 4 is 29.3 Å². The number of rotatable bonds is 4. The van der Waals surface area contributed by atoms with Crippen LogP contribution in [0.1, 0.15) is 49.1 Å². The Kier molecular flexibility index (Phi) is 4.68. The van der Waals surface area contributed by atoms with Crippen LogP contribution in [-0.2, 0) is 6.54 Å². The molecule has 0 saturated carbocycles. The molecule has 0 amide bonds. The van der Waals surface area contributed by atoms with E-state index >= 15 is 0 Å². The van der Waals surface area contributed by atoms with Crippen LogP contribution in [0.5, 0.6) is 0 Å². The van der Waals surface area contributed by atoms with Crippen LogP contribution >= 0.6 is 11.6 Å². The van der Waals surface area contributed by atoms with Gasteiger partial charge in [-0.3, -0.25) is 4.99 Å². The van der Waals surface area contributed by atoms with Crippen molar-refractivity contribution in [2.24, 2.45) is 4.99 Å². The Morgan fingerprint density at radius 3 is 3.16 bits per heavy atom. The molecule has 6 heteroatoms. The van der Waals surface area contributed by atoms with Gasteiger partial charge in [0.25, 0.3) is 0 Å². The predicted octanol–water partition coefficient (Wildman–Crippen LogP) is 4.05. The highest BCUT2D eigenvalue weighted by Gasteiger charge is 2.24. The van der Waals surface area contributed by atoms with Crippen molar-refractivity contribution in [1.82, 2.24) is 15.3 Å². The van der Waals surface area contributed by atoms with Crippen LogP contribution in [0, 0.1) is 0 Å². The van der Waals surface area contributed by atoms with Gasteiger partial charge >= 0.3 is 0 Å². The van der Waals surface area contributed by atoms with E-state index < -0.39 is 0 Å². The van der Waals surface area contributed by atoms with E-state index in [0.717, 1.165) is 49.4 Å². The van der Waals surface area contributed by atoms with Gasteiger partial charge in [0.05, 0.1) is 12.7 Å². The highest BCUT2D eigenvalue weighted by atomic mass is 35.5. The van der Waals surface area contributed by atoms with E-state index in [4.69, 9.17) is 16.6 Å². The summed E-state index contributed by atoms with van der Waals surface area (Å²) in [6, 6.07) is 6.77. The normalized spacial score (nSPS) is 22.0. The Morgan fingerprint density at radius 2 is 2.28 bits per heavy atom. The van der Waals surface area contributed by atoms with E-state index in [0.29, 0.717) is 22.8 Å². The summed E-state index contributed by atoms with van der Waals surface area (Å²) >= 11 is 6.33. The Bertz CT molecular complexity index is 804. The van der Waals surface area contributed by atoms with Crippen molar-refractivity contribution in [3.8, 4) is 0 Å². The first-order valence-electron chi connectivity index (χ1n) is 8.88. The van der Waals surface area contributed by atoms with Crippen LogP contribution in [0.4, 0.5) is 11.5 Å². The first-order valence-corrected chi connectivity index (χ1v) is 9.26. The zero-order valence-corrected chi connectivity index (χ0v) is 15.1. The predicted molar refractivity (Wildman–Crippen MR) is 102 cm³/mol. The Hall–Kier alpha value is -1.98. The number of benzene rings is 1. The fourth-order valence-electron chi connectivity index (χ4n) is 3.53. The van der Waals surface area contributed by atoms with Crippen molar-refractivity contribution in [1.29, 1.82) is 0 Å². The summed E-state index contributed by atoms with van der Waals surface area (Å²) < 4.78 is 0. The van der Waals surface area contributed by atoms with Gasteiger partial charge in [-0.2, -0.15) is 0 Å². The minimum atomic E-state index is 0.385. The van der Waals surface area contributed by atoms with Crippen LogP contribution in [0.25, 0.3) is 0 Å². The summed E-state index contributed by atoms with van der Waals surface area (Å²) in [5, 5.41) is 7.44. The minimum absolute atomic E-state index is 0.385. The molecule has 1 fully saturated rings. The number of hydrogen-bond acceptors (Lipinski definition) is 5. The Morgan fingerprint density at radius 1 is 1.36 bits per heavy atom. The van der Waals surface area contributed by atoms with Gasteiger partial charge in [-0.25, -0.2) is 9.97 Å². The number of halogens is 1. The third-order valence-corrected chi connectivity index (χ3v) is 5.29. The van der Waals surface area contributed by atoms with Gasteiger partial charge in [-0.05, 0) is 49.1 Å². The summed E-state index contributed by atoms with van der Waals surface area (Å²) in [6.07, 6.45) is 6.89. The van der Waals surface area contributed by atoms with Crippen molar-refractivity contribution in [2.45, 2.75) is 44.7 Å². The topological polar surface area (TPSA) is 62.2 Å². The average molecular weight is 356 g/mol. The maximum Gasteiger partial charge on any atom is 0.152 e. The molecule has 130 valence electrons. The van der Waals surface area contributed by atoms with E-state index in [-0.39, 0.29) is 0 Å². The molecule has 3 heterocycles. The quantitative estimate of drug-likeness (QED) is 0.868. The molecule has 2 unspecified atom stereocenters. The van der Waals surface area contributed by atoms with E-state index in [1.54, 1.807) is 6.20 Å². The van der Waals surface area contributed by atoms with Crippen molar-refractivity contribution in [2.75, 3.05) is 11.9 Å². The molecule has 2 aromatic rings. The first-order chi connectivity index (χ1) is 12.2. The third-order valence-electron chi connectivity index (χ3n) is 5.02. The standard InChI is InChI=1S/C19H22ClN5/c1-2-15-7-12(5-6-22-15)18-23-11-17(20)19(25-18)24-16-4-3-13-9-21-10-14(13)8-16/h3-4,8,10-12,15,22H,2,5-7,9H2,1H3,(H,23,24,25). The zero-order chi connectivity index (χ0) is 17.2. The lowest BCUT2D eigenvalue weighted by Crippen LogP contribution is -2.37. The fourth-order valence-corrected chi connectivity index (χ4v) is 3.67. The molecule has 0 aliphatic carbocycles. The van der Waals surface area contributed by atoms with Crippen molar-refractivity contribution < 1.29 is 0 Å². The molecule has 0 radical (unpaired) electrons. The van der Waals surface area contributed by atoms with Gasteiger partial charge in [0.2, 0.25) is 0 Å². The van der Waals surface area contributed by atoms with Crippen LogP contribution in [0.3, 0.4) is 0 Å². The molecule has 2 aliphatic heterocycles. The monoisotopic (exact) mass is 355 g/mol. The SMILES string of the molecule is CCC1CC(c2ncc(Cl)c(Nc3ccc4c(c3)C=NC4)n2)CCN1. The molecule has 5 nitrogen and oxygen atoms in total. The zero-order valence-electron chi connectivity index (χ0n) is 14.3. The van der Waals surface area contributed by atoms with Crippen molar-refractivity contribution in [3.63, 3.8) is 0 Å². The number of piperidine rings is 1. The number of anilines is 2. The summed E-state index contributed by atoms with van der Waals surface area (Å²) in [5.41, 5.74) is 3.37. The molecule has 2 atom stereocenters. The molecule has 0 spiro atoms. The average Bonchev–Trinajstić information content (AvgIpc) is 3.11. The van der Waals surface area contributed by atoms with E-state index in [9.17, 15) is 0 Å². The molecule has 1 aromatic carbocycles. The molecular formula is C19H22ClN5. The Balaban J connectivity index is 1.56. The number of aliphatic imine (C=N–C) groups is 1. The smallest absolute Gasteiger partial charge is 0.152 e. The maximum absolute atomic E-state index is 6.33. The van der Waals surface area contributed by atoms with Gasteiger partial charge in [0, 0.05) is 23.9 Å². The molecule has 25 heavy (non-hydrogen) atoms. The van der Waals surface area contributed by atoms with Crippen LogP contribution in [0.2, 0.25) is 5.02 Å².